The molecule has 2 heterocycles. The number of terminal acetylenes is 1. The Morgan fingerprint density at radius 2 is 2.19 bits per heavy atom. The van der Waals surface area contributed by atoms with Gasteiger partial charge in [-0.15, -0.1) is 6.42 Å². The van der Waals surface area contributed by atoms with E-state index in [1.807, 2.05) is 31.2 Å². The lowest BCUT2D eigenvalue weighted by molar-refractivity contribution is -0.116. The van der Waals surface area contributed by atoms with Crippen molar-refractivity contribution in [3.05, 3.63) is 45.7 Å². The highest BCUT2D eigenvalue weighted by atomic mass is 32.2. The van der Waals surface area contributed by atoms with Crippen molar-refractivity contribution in [1.82, 2.24) is 9.55 Å². The standard InChI is InChI=1S/C19H19N3O3S/c1-4-10-26-19-21-18(24)16-13(11-15(23)20-17(16)22(19)3)12-8-6-7-9-14(12)25-5-2/h1,6-9,13H,5,10-11H2,2-3H3,(H,20,23). The van der Waals surface area contributed by atoms with Gasteiger partial charge in [0.05, 0.1) is 17.9 Å². The quantitative estimate of drug-likeness (QED) is 0.498. The van der Waals surface area contributed by atoms with E-state index in [-0.39, 0.29) is 17.9 Å². The number of ether oxygens (including phenoxy) is 1. The van der Waals surface area contributed by atoms with Gasteiger partial charge in [0.15, 0.2) is 5.16 Å². The minimum Gasteiger partial charge on any atom is -0.494 e. The van der Waals surface area contributed by atoms with E-state index >= 15 is 0 Å². The topological polar surface area (TPSA) is 73.2 Å². The molecule has 1 aliphatic heterocycles. The van der Waals surface area contributed by atoms with Gasteiger partial charge in [0.25, 0.3) is 5.56 Å². The molecule has 26 heavy (non-hydrogen) atoms. The molecule has 0 radical (unpaired) electrons. The number of carbonyl (C=O) groups excluding carboxylic acids is 1. The van der Waals surface area contributed by atoms with Gasteiger partial charge in [-0.1, -0.05) is 35.9 Å². The zero-order valence-electron chi connectivity index (χ0n) is 14.6. The molecule has 2 aromatic rings. The Morgan fingerprint density at radius 3 is 2.92 bits per heavy atom. The Hall–Kier alpha value is -2.72. The first kappa shape index (κ1) is 18.1. The number of benzene rings is 1. The third-order valence-corrected chi connectivity index (χ3v) is 5.11. The van der Waals surface area contributed by atoms with Crippen LogP contribution in [-0.4, -0.2) is 27.8 Å². The van der Waals surface area contributed by atoms with E-state index in [0.29, 0.717) is 34.6 Å². The molecule has 1 atom stereocenters. The SMILES string of the molecule is C#CCSc1nc(=O)c2c(n1C)NC(=O)CC2c1ccccc1OCC. The maximum absolute atomic E-state index is 12.8. The second kappa shape index (κ2) is 7.67. The van der Waals surface area contributed by atoms with Crippen LogP contribution in [0, 0.1) is 12.3 Å². The number of aromatic nitrogens is 2. The van der Waals surface area contributed by atoms with Crippen LogP contribution in [0.25, 0.3) is 0 Å². The van der Waals surface area contributed by atoms with E-state index in [1.54, 1.807) is 11.6 Å². The molecular weight excluding hydrogens is 350 g/mol. The Morgan fingerprint density at radius 1 is 1.42 bits per heavy atom. The highest BCUT2D eigenvalue weighted by Crippen LogP contribution is 2.39. The number of nitrogens with zero attached hydrogens (tertiary/aromatic N) is 2. The minimum atomic E-state index is -0.403. The molecule has 1 unspecified atom stereocenters. The van der Waals surface area contributed by atoms with Crippen LogP contribution in [0.1, 0.15) is 30.4 Å². The van der Waals surface area contributed by atoms with Crippen molar-refractivity contribution in [1.29, 1.82) is 0 Å². The van der Waals surface area contributed by atoms with Gasteiger partial charge in [0.1, 0.15) is 11.6 Å². The first-order valence-electron chi connectivity index (χ1n) is 8.25. The highest BCUT2D eigenvalue weighted by Gasteiger charge is 2.33. The fourth-order valence-corrected chi connectivity index (χ4v) is 3.74. The monoisotopic (exact) mass is 369 g/mol. The minimum absolute atomic E-state index is 0.150. The lowest BCUT2D eigenvalue weighted by Gasteiger charge is -2.28. The van der Waals surface area contributed by atoms with Crippen molar-refractivity contribution < 1.29 is 9.53 Å². The Kier molecular flexibility index (Phi) is 5.33. The third kappa shape index (κ3) is 3.33. The summed E-state index contributed by atoms with van der Waals surface area (Å²) in [6, 6.07) is 7.48. The van der Waals surface area contributed by atoms with Crippen molar-refractivity contribution in [3.63, 3.8) is 0 Å². The summed E-state index contributed by atoms with van der Waals surface area (Å²) in [6.45, 7) is 2.40. The van der Waals surface area contributed by atoms with Crippen molar-refractivity contribution in [2.24, 2.45) is 7.05 Å². The predicted octanol–water partition coefficient (Wildman–Crippen LogP) is 2.38. The van der Waals surface area contributed by atoms with Crippen molar-refractivity contribution in [2.45, 2.75) is 24.4 Å². The fourth-order valence-electron chi connectivity index (χ4n) is 3.09. The second-order valence-electron chi connectivity index (χ2n) is 5.79. The van der Waals surface area contributed by atoms with Crippen LogP contribution in [0.4, 0.5) is 5.82 Å². The summed E-state index contributed by atoms with van der Waals surface area (Å²) in [5.41, 5.74) is 0.937. The molecule has 1 aromatic carbocycles. The van der Waals surface area contributed by atoms with Crippen molar-refractivity contribution >= 4 is 23.5 Å². The maximum Gasteiger partial charge on any atom is 0.279 e. The average Bonchev–Trinajstić information content (AvgIpc) is 2.63. The van der Waals surface area contributed by atoms with E-state index in [2.05, 4.69) is 16.2 Å². The van der Waals surface area contributed by atoms with Crippen LogP contribution in [0.2, 0.25) is 0 Å². The summed E-state index contributed by atoms with van der Waals surface area (Å²) in [7, 11) is 1.77. The number of thioether (sulfide) groups is 1. The maximum atomic E-state index is 12.8. The molecule has 0 fully saturated rings. The van der Waals surface area contributed by atoms with Crippen LogP contribution in [0.15, 0.2) is 34.2 Å². The number of amides is 1. The summed E-state index contributed by atoms with van der Waals surface area (Å²) in [6.07, 6.45) is 5.47. The third-order valence-electron chi connectivity index (χ3n) is 4.18. The zero-order chi connectivity index (χ0) is 18.7. The Balaban J connectivity index is 2.16. The number of hydrogen-bond donors (Lipinski definition) is 1. The van der Waals surface area contributed by atoms with Gasteiger partial charge in [0.2, 0.25) is 5.91 Å². The number of rotatable bonds is 5. The van der Waals surface area contributed by atoms with Gasteiger partial charge in [-0.25, -0.2) is 0 Å². The van der Waals surface area contributed by atoms with Crippen LogP contribution in [0.5, 0.6) is 5.75 Å². The van der Waals surface area contributed by atoms with E-state index in [4.69, 9.17) is 11.2 Å². The van der Waals surface area contributed by atoms with Crippen LogP contribution >= 0.6 is 11.8 Å². The largest absolute Gasteiger partial charge is 0.494 e. The molecule has 1 aromatic heterocycles. The summed E-state index contributed by atoms with van der Waals surface area (Å²) in [5, 5.41) is 3.29. The number of para-hydroxylation sites is 1. The van der Waals surface area contributed by atoms with Gasteiger partial charge in [-0.3, -0.25) is 9.59 Å². The lowest BCUT2D eigenvalue weighted by atomic mass is 9.86. The molecule has 0 saturated carbocycles. The molecule has 134 valence electrons. The molecule has 0 aliphatic carbocycles. The van der Waals surface area contributed by atoms with Gasteiger partial charge in [-0.2, -0.15) is 4.98 Å². The number of carbonyl (C=O) groups is 1. The van der Waals surface area contributed by atoms with Gasteiger partial charge >= 0.3 is 0 Å². The molecule has 7 heteroatoms. The van der Waals surface area contributed by atoms with E-state index in [0.717, 1.165) is 5.56 Å². The summed E-state index contributed by atoms with van der Waals surface area (Å²) >= 11 is 1.28. The predicted molar refractivity (Wildman–Crippen MR) is 102 cm³/mol. The second-order valence-corrected chi connectivity index (χ2v) is 6.73. The van der Waals surface area contributed by atoms with Gasteiger partial charge < -0.3 is 14.6 Å². The molecule has 3 rings (SSSR count). The molecule has 1 amide bonds. The molecule has 6 nitrogen and oxygen atoms in total. The zero-order valence-corrected chi connectivity index (χ0v) is 15.4. The molecule has 0 saturated heterocycles. The first-order valence-corrected chi connectivity index (χ1v) is 9.24. The van der Waals surface area contributed by atoms with Crippen LogP contribution in [-0.2, 0) is 11.8 Å². The lowest BCUT2D eigenvalue weighted by Crippen LogP contribution is -2.33. The molecule has 1 aliphatic rings. The molecular formula is C19H19N3O3S. The van der Waals surface area contributed by atoms with Crippen LogP contribution < -0.4 is 15.6 Å². The number of hydrogen-bond acceptors (Lipinski definition) is 5. The highest BCUT2D eigenvalue weighted by molar-refractivity contribution is 7.99. The summed E-state index contributed by atoms with van der Waals surface area (Å²) in [4.78, 5) is 29.3. The van der Waals surface area contributed by atoms with Crippen molar-refractivity contribution in [3.8, 4) is 18.1 Å². The average molecular weight is 369 g/mol. The first-order chi connectivity index (χ1) is 12.6. The molecule has 1 N–H and O–H groups in total. The Labute approximate surface area is 156 Å². The molecule has 0 spiro atoms. The number of anilines is 1. The van der Waals surface area contributed by atoms with Gasteiger partial charge in [-0.05, 0) is 13.0 Å². The van der Waals surface area contributed by atoms with Gasteiger partial charge in [0, 0.05) is 24.9 Å². The van der Waals surface area contributed by atoms with E-state index < -0.39 is 5.92 Å². The smallest absolute Gasteiger partial charge is 0.279 e. The van der Waals surface area contributed by atoms with Crippen molar-refractivity contribution in [2.75, 3.05) is 17.7 Å². The normalized spacial score (nSPS) is 15.7. The molecule has 0 bridgehead atoms. The fraction of sp³-hybridized carbons (Fsp3) is 0.316. The van der Waals surface area contributed by atoms with E-state index in [1.165, 1.54) is 11.8 Å². The van der Waals surface area contributed by atoms with Crippen LogP contribution in [0.3, 0.4) is 0 Å². The number of nitrogens with one attached hydrogen (secondary N) is 1. The summed E-state index contributed by atoms with van der Waals surface area (Å²) in [5.74, 6) is 3.49. The number of fused-ring (bicyclic) bond motifs is 1. The summed E-state index contributed by atoms with van der Waals surface area (Å²) < 4.78 is 7.41. The Bertz CT molecular complexity index is 946. The van der Waals surface area contributed by atoms with E-state index in [9.17, 15) is 9.59 Å².